The van der Waals surface area contributed by atoms with Gasteiger partial charge in [-0.25, -0.2) is 4.57 Å². The van der Waals surface area contributed by atoms with Crippen LogP contribution in [0.3, 0.4) is 0 Å². The molecule has 0 fully saturated rings. The first kappa shape index (κ1) is 45.9. The van der Waals surface area contributed by atoms with Gasteiger partial charge in [0.2, 0.25) is 0 Å². The number of nitrogens with one attached hydrogen (secondary N) is 2. The van der Waals surface area contributed by atoms with Gasteiger partial charge in [-0.1, -0.05) is 46.4 Å². The first-order valence-corrected chi connectivity index (χ1v) is 17.0. The van der Waals surface area contributed by atoms with Crippen molar-refractivity contribution >= 4 is 85.2 Å². The fourth-order valence-electron chi connectivity index (χ4n) is 3.52. The Kier molecular flexibility index (Phi) is 18.5. The SMILES string of the molecule is N#Cc1ccc(NC(=O)c2cc(Cl)ccc2OP(=O)(O)O)c(Cl)c1.N#Cc1ccc(NC(=O)c2cc(Cl)ccc2OP(=O)([O-])[O-])c(Cl)c1.[Na+].[Na+]. The van der Waals surface area contributed by atoms with Crippen molar-refractivity contribution in [2.24, 2.45) is 0 Å². The van der Waals surface area contributed by atoms with Crippen LogP contribution in [-0.4, -0.2) is 21.6 Å². The van der Waals surface area contributed by atoms with Crippen LogP contribution in [0.25, 0.3) is 0 Å². The summed E-state index contributed by atoms with van der Waals surface area (Å²) < 4.78 is 30.5. The van der Waals surface area contributed by atoms with Crippen molar-refractivity contribution in [2.45, 2.75) is 0 Å². The minimum Gasteiger partial charge on any atom is -0.780 e. The monoisotopic (exact) mass is 816 g/mol. The molecule has 2 amide bonds. The molecule has 0 atom stereocenters. The molecule has 0 aliphatic heterocycles. The second-order valence-corrected chi connectivity index (χ2v) is 12.9. The van der Waals surface area contributed by atoms with Gasteiger partial charge in [0.1, 0.15) is 19.3 Å². The van der Waals surface area contributed by atoms with Crippen LogP contribution in [-0.2, 0) is 9.13 Å². The van der Waals surface area contributed by atoms with Crippen LogP contribution in [0.2, 0.25) is 20.1 Å². The van der Waals surface area contributed by atoms with E-state index in [9.17, 15) is 28.5 Å². The Labute approximate surface area is 348 Å². The molecular weight excluding hydrogens is 802 g/mol. The summed E-state index contributed by atoms with van der Waals surface area (Å²) >= 11 is 23.5. The van der Waals surface area contributed by atoms with Gasteiger partial charge in [0.15, 0.2) is 0 Å². The predicted molar refractivity (Wildman–Crippen MR) is 172 cm³/mol. The summed E-state index contributed by atoms with van der Waals surface area (Å²) in [5.41, 5.74) is 0.539. The third-order valence-electron chi connectivity index (χ3n) is 5.49. The number of anilines is 2. The van der Waals surface area contributed by atoms with E-state index in [0.717, 1.165) is 18.2 Å². The average Bonchev–Trinajstić information content (AvgIpc) is 2.99. The van der Waals surface area contributed by atoms with Crippen LogP contribution in [0.1, 0.15) is 31.8 Å². The number of carbonyl (C=O) groups is 2. The summed E-state index contributed by atoms with van der Waals surface area (Å²) in [5, 5.41) is 23.0. The number of phosphoric acid groups is 2. The van der Waals surface area contributed by atoms with E-state index in [-0.39, 0.29) is 107 Å². The molecule has 0 unspecified atom stereocenters. The minimum atomic E-state index is -5.36. The molecule has 0 saturated heterocycles. The van der Waals surface area contributed by atoms with Gasteiger partial charge < -0.3 is 34.0 Å². The molecule has 248 valence electrons. The largest absolute Gasteiger partial charge is 1.00 e. The molecule has 14 nitrogen and oxygen atoms in total. The first-order chi connectivity index (χ1) is 22.4. The number of benzene rings is 4. The zero-order valence-electron chi connectivity index (χ0n) is 25.4. The average molecular weight is 818 g/mol. The van der Waals surface area contributed by atoms with E-state index in [0.29, 0.717) is 11.1 Å². The number of nitriles is 2. The fourth-order valence-corrected chi connectivity index (χ4v) is 5.13. The van der Waals surface area contributed by atoms with Gasteiger partial charge in [-0.05, 0) is 72.8 Å². The quantitative estimate of drug-likeness (QED) is 0.135. The van der Waals surface area contributed by atoms with Crippen molar-refractivity contribution in [3.8, 4) is 23.6 Å². The zero-order valence-corrected chi connectivity index (χ0v) is 34.2. The molecule has 50 heavy (non-hydrogen) atoms. The number of phosphoric ester groups is 2. The molecular formula is C28H16Cl4N4Na2O10P2. The third kappa shape index (κ3) is 14.5. The number of rotatable bonds is 8. The summed E-state index contributed by atoms with van der Waals surface area (Å²) in [4.78, 5) is 64.0. The number of nitrogens with zero attached hydrogens (tertiary/aromatic N) is 2. The molecule has 0 spiro atoms. The Morgan fingerprint density at radius 3 is 1.36 bits per heavy atom. The van der Waals surface area contributed by atoms with E-state index in [4.69, 9.17) is 66.7 Å². The topological polar surface area (TPSA) is 245 Å². The maximum Gasteiger partial charge on any atom is 1.00 e. The summed E-state index contributed by atoms with van der Waals surface area (Å²) in [6.07, 6.45) is 0. The minimum absolute atomic E-state index is 0. The van der Waals surface area contributed by atoms with Crippen LogP contribution in [0, 0.1) is 22.7 Å². The van der Waals surface area contributed by atoms with E-state index in [1.54, 1.807) is 0 Å². The third-order valence-corrected chi connectivity index (χ3v) is 7.44. The van der Waals surface area contributed by atoms with Crippen molar-refractivity contribution in [3.63, 3.8) is 0 Å². The van der Waals surface area contributed by atoms with Crippen molar-refractivity contribution in [1.82, 2.24) is 0 Å². The maximum absolute atomic E-state index is 12.4. The Balaban J connectivity index is 0.000000481. The number of hydrogen-bond donors (Lipinski definition) is 4. The van der Waals surface area contributed by atoms with Crippen molar-refractivity contribution < 1.29 is 106 Å². The van der Waals surface area contributed by atoms with Gasteiger partial charge in [0.05, 0.1) is 55.8 Å². The second kappa shape index (κ2) is 20.2. The molecule has 0 radical (unpaired) electrons. The summed E-state index contributed by atoms with van der Waals surface area (Å²) in [6, 6.07) is 19.4. The molecule has 0 aliphatic rings. The van der Waals surface area contributed by atoms with E-state index in [1.807, 2.05) is 12.1 Å². The number of carbonyl (C=O) groups excluding carboxylic acids is 2. The van der Waals surface area contributed by atoms with E-state index in [2.05, 4.69) is 19.7 Å². The fraction of sp³-hybridized carbons (Fsp3) is 0. The first-order valence-electron chi connectivity index (χ1n) is 12.5. The van der Waals surface area contributed by atoms with Crippen LogP contribution < -0.4 is 88.6 Å². The van der Waals surface area contributed by atoms with E-state index >= 15 is 0 Å². The molecule has 4 aromatic rings. The van der Waals surface area contributed by atoms with Gasteiger partial charge in [0, 0.05) is 10.0 Å². The number of amides is 2. The Bertz CT molecular complexity index is 1940. The second-order valence-electron chi connectivity index (χ2n) is 8.92. The molecule has 0 heterocycles. The summed E-state index contributed by atoms with van der Waals surface area (Å²) in [6.45, 7) is 0. The van der Waals surface area contributed by atoms with Crippen molar-refractivity contribution in [2.75, 3.05) is 10.6 Å². The van der Waals surface area contributed by atoms with Crippen LogP contribution in [0.4, 0.5) is 11.4 Å². The molecule has 4 rings (SSSR count). The molecule has 0 aliphatic carbocycles. The Morgan fingerprint density at radius 2 is 1.04 bits per heavy atom. The van der Waals surface area contributed by atoms with E-state index in [1.165, 1.54) is 54.6 Å². The predicted octanol–water partition coefficient (Wildman–Crippen LogP) is -0.0782. The van der Waals surface area contributed by atoms with Crippen LogP contribution in [0.5, 0.6) is 11.5 Å². The number of hydrogen-bond acceptors (Lipinski definition) is 10. The zero-order chi connectivity index (χ0) is 35.8. The van der Waals surface area contributed by atoms with Gasteiger partial charge in [0.25, 0.3) is 11.8 Å². The van der Waals surface area contributed by atoms with Crippen molar-refractivity contribution in [1.29, 1.82) is 10.5 Å². The molecule has 0 saturated carbocycles. The standard InChI is InChI=1S/2C14H9Cl2N2O5P.2Na/c2*15-9-2-4-13(23-24(20,21)22)10(6-9)14(19)18-12-3-1-8(7-17)5-11(12)16;;/h2*1-6H,(H,18,19)(H2,20,21,22);;/q;;2*+1/p-2. The van der Waals surface area contributed by atoms with E-state index < -0.39 is 33.2 Å². The van der Waals surface area contributed by atoms with Crippen LogP contribution in [0.15, 0.2) is 72.8 Å². The van der Waals surface area contributed by atoms with Crippen molar-refractivity contribution in [3.05, 3.63) is 115 Å². The Hall–Kier alpha value is -2.14. The molecule has 4 aromatic carbocycles. The van der Waals surface area contributed by atoms with Gasteiger partial charge >= 0.3 is 66.9 Å². The van der Waals surface area contributed by atoms with Gasteiger partial charge in [-0.3, -0.25) is 19.4 Å². The molecule has 0 bridgehead atoms. The Morgan fingerprint density at radius 1 is 0.660 bits per heavy atom. The molecule has 22 heteroatoms. The molecule has 0 aromatic heterocycles. The summed E-state index contributed by atoms with van der Waals surface area (Å²) in [7, 11) is -10.2. The van der Waals surface area contributed by atoms with Gasteiger partial charge in [-0.2, -0.15) is 10.5 Å². The maximum atomic E-state index is 12.4. The smallest absolute Gasteiger partial charge is 0.780 e. The normalized spacial score (nSPS) is 10.4. The summed E-state index contributed by atoms with van der Waals surface area (Å²) in [5.74, 6) is -2.34. The van der Waals surface area contributed by atoms with Crippen LogP contribution >= 0.6 is 62.0 Å². The molecule has 4 N–H and O–H groups in total. The van der Waals surface area contributed by atoms with Gasteiger partial charge in [-0.15, -0.1) is 0 Å². The number of halogens is 4.